The van der Waals surface area contributed by atoms with Crippen LogP contribution in [0.25, 0.3) is 5.95 Å². The largest absolute Gasteiger partial charge is 0.461 e. The van der Waals surface area contributed by atoms with E-state index in [1.54, 1.807) is 13.0 Å². The van der Waals surface area contributed by atoms with E-state index in [2.05, 4.69) is 35.4 Å². The van der Waals surface area contributed by atoms with Crippen molar-refractivity contribution in [3.63, 3.8) is 0 Å². The molecule has 3 rings (SSSR count). The van der Waals surface area contributed by atoms with Gasteiger partial charge in [0.2, 0.25) is 0 Å². The predicted octanol–water partition coefficient (Wildman–Crippen LogP) is 4.48. The van der Waals surface area contributed by atoms with Gasteiger partial charge in [0, 0.05) is 18.5 Å². The Balaban J connectivity index is 1.74. The number of hydrogen-bond donors (Lipinski definition) is 2. The topological polar surface area (TPSA) is 107 Å². The SMILES string of the molecule is C[C@H](NC(=O)Nc1cc(OC(F)(F)C(F)F)c(Cl)cc1Cl)c1ncnn1-c1ncccn1. The third kappa shape index (κ3) is 5.34. The van der Waals surface area contributed by atoms with Crippen LogP contribution in [0.15, 0.2) is 36.9 Å². The number of carbonyl (C=O) groups is 1. The summed E-state index contributed by atoms with van der Waals surface area (Å²) in [6, 6.07) is 1.83. The molecule has 0 saturated carbocycles. The number of ether oxygens (including phenoxy) is 1. The maximum atomic E-state index is 13.2. The number of anilines is 1. The van der Waals surface area contributed by atoms with Crippen LogP contribution in [0.5, 0.6) is 5.75 Å². The maximum Gasteiger partial charge on any atom is 0.461 e. The molecule has 3 aromatic rings. The predicted molar refractivity (Wildman–Crippen MR) is 106 cm³/mol. The molecule has 0 saturated heterocycles. The fourth-order valence-electron chi connectivity index (χ4n) is 2.41. The summed E-state index contributed by atoms with van der Waals surface area (Å²) in [5.74, 6) is -0.295. The van der Waals surface area contributed by atoms with Crippen LogP contribution in [0, 0.1) is 0 Å². The van der Waals surface area contributed by atoms with E-state index in [1.165, 1.54) is 23.4 Å². The number of benzene rings is 1. The van der Waals surface area contributed by atoms with Crippen molar-refractivity contribution in [1.82, 2.24) is 30.0 Å². The van der Waals surface area contributed by atoms with Crippen molar-refractivity contribution in [2.24, 2.45) is 0 Å². The van der Waals surface area contributed by atoms with Crippen molar-refractivity contribution in [1.29, 1.82) is 0 Å². The Labute approximate surface area is 187 Å². The molecule has 0 fully saturated rings. The lowest BCUT2D eigenvalue weighted by Gasteiger charge is -2.19. The molecule has 2 amide bonds. The highest BCUT2D eigenvalue weighted by Gasteiger charge is 2.44. The Kier molecular flexibility index (Phi) is 6.99. The van der Waals surface area contributed by atoms with E-state index >= 15 is 0 Å². The molecule has 2 N–H and O–H groups in total. The first-order valence-corrected chi connectivity index (χ1v) is 9.43. The van der Waals surface area contributed by atoms with Gasteiger partial charge in [-0.3, -0.25) is 0 Å². The molecule has 0 bridgehead atoms. The molecule has 2 heterocycles. The van der Waals surface area contributed by atoms with Crippen LogP contribution in [0.1, 0.15) is 18.8 Å². The van der Waals surface area contributed by atoms with Crippen molar-refractivity contribution in [2.45, 2.75) is 25.5 Å². The summed E-state index contributed by atoms with van der Waals surface area (Å²) in [6.07, 6.45) is -4.66. The Morgan fingerprint density at radius 1 is 1.16 bits per heavy atom. The first-order chi connectivity index (χ1) is 15.1. The zero-order valence-electron chi connectivity index (χ0n) is 15.9. The second-order valence-corrected chi connectivity index (χ2v) is 6.94. The maximum absolute atomic E-state index is 13.2. The van der Waals surface area contributed by atoms with E-state index in [4.69, 9.17) is 23.2 Å². The molecule has 0 aliphatic heterocycles. The minimum Gasteiger partial charge on any atom is -0.427 e. The van der Waals surface area contributed by atoms with Crippen LogP contribution in [-0.4, -0.2) is 43.3 Å². The van der Waals surface area contributed by atoms with Crippen molar-refractivity contribution in [2.75, 3.05) is 5.32 Å². The molecule has 0 aliphatic carbocycles. The number of urea groups is 1. The molecular weight excluding hydrogens is 481 g/mol. The van der Waals surface area contributed by atoms with E-state index in [1.807, 2.05) is 0 Å². The van der Waals surface area contributed by atoms with E-state index in [-0.39, 0.29) is 22.5 Å². The summed E-state index contributed by atoms with van der Waals surface area (Å²) in [4.78, 5) is 24.5. The summed E-state index contributed by atoms with van der Waals surface area (Å²) in [6.45, 7) is 1.59. The average Bonchev–Trinajstić information content (AvgIpc) is 3.22. The summed E-state index contributed by atoms with van der Waals surface area (Å²) >= 11 is 11.7. The van der Waals surface area contributed by atoms with Gasteiger partial charge in [0.15, 0.2) is 5.82 Å². The summed E-state index contributed by atoms with van der Waals surface area (Å²) in [7, 11) is 0. The molecule has 170 valence electrons. The van der Waals surface area contributed by atoms with Crippen LogP contribution in [0.2, 0.25) is 10.0 Å². The van der Waals surface area contributed by atoms with E-state index in [0.717, 1.165) is 12.1 Å². The number of aromatic nitrogens is 5. The number of amides is 2. The Morgan fingerprint density at radius 2 is 1.84 bits per heavy atom. The molecule has 1 atom stereocenters. The summed E-state index contributed by atoms with van der Waals surface area (Å²) in [5.41, 5.74) is -0.214. The zero-order valence-corrected chi connectivity index (χ0v) is 17.5. The molecule has 0 radical (unpaired) electrons. The van der Waals surface area contributed by atoms with Crippen molar-refractivity contribution in [3.05, 3.63) is 52.8 Å². The number of nitrogens with zero attached hydrogens (tertiary/aromatic N) is 5. The van der Waals surface area contributed by atoms with Gasteiger partial charge in [-0.1, -0.05) is 23.2 Å². The Bertz CT molecular complexity index is 1100. The van der Waals surface area contributed by atoms with E-state index in [0.29, 0.717) is 0 Å². The number of carbonyl (C=O) groups excluding carboxylic acids is 1. The van der Waals surface area contributed by atoms with E-state index < -0.39 is 35.4 Å². The van der Waals surface area contributed by atoms with Gasteiger partial charge in [-0.25, -0.2) is 19.7 Å². The minimum absolute atomic E-state index is 0.147. The zero-order chi connectivity index (χ0) is 23.5. The highest BCUT2D eigenvalue weighted by atomic mass is 35.5. The molecule has 1 aromatic carbocycles. The molecule has 15 heteroatoms. The van der Waals surface area contributed by atoms with Gasteiger partial charge in [0.05, 0.1) is 21.8 Å². The summed E-state index contributed by atoms with van der Waals surface area (Å²) < 4.78 is 56.6. The van der Waals surface area contributed by atoms with Gasteiger partial charge in [-0.2, -0.15) is 27.3 Å². The second-order valence-electron chi connectivity index (χ2n) is 6.13. The first-order valence-electron chi connectivity index (χ1n) is 8.67. The highest BCUT2D eigenvalue weighted by Crippen LogP contribution is 2.38. The van der Waals surface area contributed by atoms with Gasteiger partial charge in [-0.15, -0.1) is 0 Å². The van der Waals surface area contributed by atoms with Gasteiger partial charge in [0.1, 0.15) is 12.1 Å². The lowest BCUT2D eigenvalue weighted by molar-refractivity contribution is -0.253. The molecule has 0 aliphatic rings. The standard InChI is InChI=1S/C17H13Cl2F4N7O2/c1-8(13-26-7-27-30(13)15-24-3-2-4-25-15)28-16(31)29-11-6-12(10(19)5-9(11)18)32-17(22,23)14(20)21/h2-8,14H,1H3,(H2,28,29,31)/t8-/m0/s1. The number of rotatable bonds is 7. The lowest BCUT2D eigenvalue weighted by atomic mass is 10.3. The van der Waals surface area contributed by atoms with Gasteiger partial charge in [0.25, 0.3) is 5.95 Å². The van der Waals surface area contributed by atoms with Gasteiger partial charge in [-0.05, 0) is 19.1 Å². The third-order valence-electron chi connectivity index (χ3n) is 3.82. The molecule has 0 spiro atoms. The van der Waals surface area contributed by atoms with Crippen molar-refractivity contribution >= 4 is 34.9 Å². The first kappa shape index (κ1) is 23.5. The normalized spacial score (nSPS) is 12.5. The highest BCUT2D eigenvalue weighted by molar-refractivity contribution is 6.37. The third-order valence-corrected chi connectivity index (χ3v) is 4.43. The average molecular weight is 494 g/mol. The number of halogens is 6. The van der Waals surface area contributed by atoms with Gasteiger partial charge >= 0.3 is 18.6 Å². The molecule has 2 aromatic heterocycles. The van der Waals surface area contributed by atoms with Crippen molar-refractivity contribution < 1.29 is 27.1 Å². The van der Waals surface area contributed by atoms with Crippen LogP contribution >= 0.6 is 23.2 Å². The van der Waals surface area contributed by atoms with Crippen LogP contribution in [-0.2, 0) is 0 Å². The lowest BCUT2D eigenvalue weighted by Crippen LogP contribution is -2.34. The Morgan fingerprint density at radius 3 is 2.50 bits per heavy atom. The summed E-state index contributed by atoms with van der Waals surface area (Å²) in [5, 5.41) is 8.25. The Hall–Kier alpha value is -3.19. The fourth-order valence-corrected chi connectivity index (χ4v) is 2.88. The van der Waals surface area contributed by atoms with Crippen LogP contribution in [0.4, 0.5) is 28.0 Å². The number of alkyl halides is 4. The van der Waals surface area contributed by atoms with E-state index in [9.17, 15) is 22.4 Å². The van der Waals surface area contributed by atoms with Crippen molar-refractivity contribution in [3.8, 4) is 11.7 Å². The minimum atomic E-state index is -4.80. The fraction of sp³-hybridized carbons (Fsp3) is 0.235. The monoisotopic (exact) mass is 493 g/mol. The number of hydrogen-bond acceptors (Lipinski definition) is 6. The van der Waals surface area contributed by atoms with Gasteiger partial charge < -0.3 is 15.4 Å². The molecule has 9 nitrogen and oxygen atoms in total. The second kappa shape index (κ2) is 9.53. The molecule has 0 unspecified atom stereocenters. The quantitative estimate of drug-likeness (QED) is 0.469. The van der Waals surface area contributed by atoms with Crippen LogP contribution in [0.3, 0.4) is 0 Å². The molecular formula is C17H13Cl2F4N7O2. The number of nitrogens with one attached hydrogen (secondary N) is 2. The smallest absolute Gasteiger partial charge is 0.427 e. The molecule has 32 heavy (non-hydrogen) atoms. The van der Waals surface area contributed by atoms with Crippen LogP contribution < -0.4 is 15.4 Å².